The summed E-state index contributed by atoms with van der Waals surface area (Å²) in [5, 5.41) is 11.6. The molecule has 0 saturated heterocycles. The Labute approximate surface area is 121 Å². The van der Waals surface area contributed by atoms with Crippen molar-refractivity contribution in [1.29, 1.82) is 0 Å². The lowest BCUT2D eigenvalue weighted by Gasteiger charge is -2.09. The molecule has 0 fully saturated rings. The van der Waals surface area contributed by atoms with E-state index in [2.05, 4.69) is 20.9 Å². The Bertz CT molecular complexity index is 569. The van der Waals surface area contributed by atoms with Gasteiger partial charge in [0, 0.05) is 6.54 Å². The average Bonchev–Trinajstić information content (AvgIpc) is 2.81. The smallest absolute Gasteiger partial charge is 0.252 e. The molecule has 1 aromatic heterocycles. The van der Waals surface area contributed by atoms with Gasteiger partial charge in [0.15, 0.2) is 0 Å². The minimum atomic E-state index is -0.126. The summed E-state index contributed by atoms with van der Waals surface area (Å²) >= 11 is 1.43. The van der Waals surface area contributed by atoms with E-state index in [4.69, 9.17) is 0 Å². The fourth-order valence-corrected chi connectivity index (χ4v) is 2.17. The van der Waals surface area contributed by atoms with E-state index in [1.807, 2.05) is 36.6 Å². The number of hydrogen-bond acceptors (Lipinski definition) is 5. The predicted molar refractivity (Wildman–Crippen MR) is 79.1 cm³/mol. The van der Waals surface area contributed by atoms with Crippen molar-refractivity contribution in [3.05, 3.63) is 41.7 Å². The monoisotopic (exact) mass is 291 g/mol. The maximum absolute atomic E-state index is 11.9. The van der Waals surface area contributed by atoms with E-state index >= 15 is 0 Å². The fourth-order valence-electron chi connectivity index (χ4n) is 1.68. The minimum Gasteiger partial charge on any atom is -0.304 e. The van der Waals surface area contributed by atoms with Gasteiger partial charge in [-0.1, -0.05) is 42.1 Å². The molecular weight excluding hydrogens is 274 g/mol. The van der Waals surface area contributed by atoms with Crippen LogP contribution in [-0.4, -0.2) is 33.6 Å². The molecule has 0 bridgehead atoms. The molecule has 106 valence electrons. The summed E-state index contributed by atoms with van der Waals surface area (Å²) in [5.74, 6) is 0.532. The highest BCUT2D eigenvalue weighted by molar-refractivity contribution is 7.98. The van der Waals surface area contributed by atoms with Crippen LogP contribution >= 0.6 is 11.8 Å². The normalized spacial score (nSPS) is 10.5. The van der Waals surface area contributed by atoms with E-state index in [-0.39, 0.29) is 12.5 Å². The summed E-state index contributed by atoms with van der Waals surface area (Å²) in [6.45, 7) is 2.69. The van der Waals surface area contributed by atoms with Crippen LogP contribution in [0.5, 0.6) is 0 Å². The molecule has 0 unspecified atom stereocenters. The fraction of sp³-hybridized carbons (Fsp3) is 0.308. The Morgan fingerprint density at radius 3 is 2.75 bits per heavy atom. The van der Waals surface area contributed by atoms with Gasteiger partial charge in [0.1, 0.15) is 5.82 Å². The van der Waals surface area contributed by atoms with Gasteiger partial charge in [0.25, 0.3) is 5.91 Å². The van der Waals surface area contributed by atoms with E-state index in [9.17, 15) is 4.79 Å². The summed E-state index contributed by atoms with van der Waals surface area (Å²) in [5.41, 5.74) is 3.91. The Morgan fingerprint density at radius 1 is 1.30 bits per heavy atom. The van der Waals surface area contributed by atoms with Gasteiger partial charge in [0.2, 0.25) is 5.16 Å². The molecule has 0 aliphatic heterocycles. The first kappa shape index (κ1) is 14.5. The van der Waals surface area contributed by atoms with E-state index in [0.717, 1.165) is 5.56 Å². The zero-order valence-electron chi connectivity index (χ0n) is 11.5. The molecular formula is C13H17N5OS. The molecule has 0 saturated carbocycles. The quantitative estimate of drug-likeness (QED) is 0.782. The van der Waals surface area contributed by atoms with Crippen LogP contribution < -0.4 is 10.7 Å². The van der Waals surface area contributed by atoms with Gasteiger partial charge in [-0.05, 0) is 18.7 Å². The second-order valence-electron chi connectivity index (χ2n) is 4.19. The zero-order valence-corrected chi connectivity index (χ0v) is 12.3. The van der Waals surface area contributed by atoms with E-state index in [1.54, 1.807) is 11.6 Å². The number of amides is 1. The Hall–Kier alpha value is -1.86. The van der Waals surface area contributed by atoms with Crippen LogP contribution in [0.15, 0.2) is 35.5 Å². The van der Waals surface area contributed by atoms with Crippen LogP contribution in [0.4, 0.5) is 0 Å². The van der Waals surface area contributed by atoms with Crippen molar-refractivity contribution in [1.82, 2.24) is 20.2 Å². The number of nitrogens with zero attached hydrogens (tertiary/aromatic N) is 3. The highest BCUT2D eigenvalue weighted by atomic mass is 32.2. The summed E-state index contributed by atoms with van der Waals surface area (Å²) in [7, 11) is 0. The van der Waals surface area contributed by atoms with Crippen molar-refractivity contribution < 1.29 is 4.79 Å². The van der Waals surface area contributed by atoms with Crippen molar-refractivity contribution >= 4 is 17.7 Å². The standard InChI is InChI=1S/C13H17N5OS/c1-10-15-16-13(20-2)18(10)17-12(19)9-14-8-11-6-4-3-5-7-11/h3-7,14H,8-9H2,1-2H3,(H,17,19). The lowest BCUT2D eigenvalue weighted by Crippen LogP contribution is -2.33. The van der Waals surface area contributed by atoms with Crippen molar-refractivity contribution in [3.8, 4) is 0 Å². The van der Waals surface area contributed by atoms with Crippen molar-refractivity contribution in [3.63, 3.8) is 0 Å². The van der Waals surface area contributed by atoms with E-state index in [1.165, 1.54) is 11.8 Å². The van der Waals surface area contributed by atoms with Crippen molar-refractivity contribution in [2.75, 3.05) is 18.2 Å². The predicted octanol–water partition coefficient (Wildman–Crippen LogP) is 1.17. The molecule has 2 rings (SSSR count). The summed E-state index contributed by atoms with van der Waals surface area (Å²) in [6.07, 6.45) is 1.89. The largest absolute Gasteiger partial charge is 0.304 e. The maximum Gasteiger partial charge on any atom is 0.252 e. The number of thioether (sulfide) groups is 1. The number of aromatic nitrogens is 3. The van der Waals surface area contributed by atoms with Gasteiger partial charge in [0.05, 0.1) is 6.54 Å². The molecule has 0 aliphatic rings. The average molecular weight is 291 g/mol. The molecule has 2 N–H and O–H groups in total. The van der Waals surface area contributed by atoms with Gasteiger partial charge in [-0.2, -0.15) is 0 Å². The highest BCUT2D eigenvalue weighted by Crippen LogP contribution is 2.10. The Morgan fingerprint density at radius 2 is 2.05 bits per heavy atom. The molecule has 0 aliphatic carbocycles. The third-order valence-corrected chi connectivity index (χ3v) is 3.30. The van der Waals surface area contributed by atoms with Gasteiger partial charge in [-0.15, -0.1) is 10.2 Å². The van der Waals surface area contributed by atoms with E-state index in [0.29, 0.717) is 17.5 Å². The van der Waals surface area contributed by atoms with Crippen molar-refractivity contribution in [2.45, 2.75) is 18.6 Å². The molecule has 1 heterocycles. The lowest BCUT2D eigenvalue weighted by atomic mass is 10.2. The zero-order chi connectivity index (χ0) is 14.4. The number of carbonyl (C=O) groups is 1. The van der Waals surface area contributed by atoms with Gasteiger partial charge >= 0.3 is 0 Å². The Kier molecular flexibility index (Phi) is 5.14. The van der Waals surface area contributed by atoms with Gasteiger partial charge < -0.3 is 5.32 Å². The van der Waals surface area contributed by atoms with Crippen molar-refractivity contribution in [2.24, 2.45) is 0 Å². The van der Waals surface area contributed by atoms with Crippen LogP contribution in [0.2, 0.25) is 0 Å². The van der Waals surface area contributed by atoms with Crippen LogP contribution in [0, 0.1) is 6.92 Å². The first-order valence-electron chi connectivity index (χ1n) is 6.21. The molecule has 6 nitrogen and oxygen atoms in total. The van der Waals surface area contributed by atoms with Crippen LogP contribution in [0.1, 0.15) is 11.4 Å². The number of carbonyl (C=O) groups excluding carboxylic acids is 1. The molecule has 0 radical (unpaired) electrons. The third kappa shape index (κ3) is 3.82. The Balaban J connectivity index is 1.82. The molecule has 7 heteroatoms. The number of rotatable bonds is 6. The molecule has 1 amide bonds. The number of hydrogen-bond donors (Lipinski definition) is 2. The maximum atomic E-state index is 11.9. The SMILES string of the molecule is CSc1nnc(C)n1NC(=O)CNCc1ccccc1. The summed E-state index contributed by atoms with van der Waals surface area (Å²) in [4.78, 5) is 11.9. The molecule has 0 atom stereocenters. The molecule has 0 spiro atoms. The molecule has 20 heavy (non-hydrogen) atoms. The van der Waals surface area contributed by atoms with Crippen LogP contribution in [0.25, 0.3) is 0 Å². The number of nitrogens with one attached hydrogen (secondary N) is 2. The minimum absolute atomic E-state index is 0.126. The van der Waals surface area contributed by atoms with Crippen LogP contribution in [-0.2, 0) is 11.3 Å². The second-order valence-corrected chi connectivity index (χ2v) is 4.97. The van der Waals surface area contributed by atoms with Gasteiger partial charge in [-0.3, -0.25) is 10.2 Å². The second kappa shape index (κ2) is 7.06. The first-order chi connectivity index (χ1) is 9.70. The van der Waals surface area contributed by atoms with E-state index < -0.39 is 0 Å². The lowest BCUT2D eigenvalue weighted by molar-refractivity contribution is -0.116. The summed E-state index contributed by atoms with van der Waals surface area (Å²) < 4.78 is 1.59. The molecule has 2 aromatic rings. The number of benzene rings is 1. The third-order valence-electron chi connectivity index (χ3n) is 2.67. The van der Waals surface area contributed by atoms with Gasteiger partial charge in [-0.25, -0.2) is 4.68 Å². The summed E-state index contributed by atoms with van der Waals surface area (Å²) in [6, 6.07) is 9.95. The highest BCUT2D eigenvalue weighted by Gasteiger charge is 2.10. The number of aryl methyl sites for hydroxylation is 1. The first-order valence-corrected chi connectivity index (χ1v) is 7.43. The molecule has 1 aromatic carbocycles. The van der Waals surface area contributed by atoms with Crippen LogP contribution in [0.3, 0.4) is 0 Å². The topological polar surface area (TPSA) is 71.8 Å².